The zero-order chi connectivity index (χ0) is 72.4. The second kappa shape index (κ2) is 43.3. The topological polar surface area (TPSA) is 407 Å². The number of esters is 2. The van der Waals surface area contributed by atoms with Crippen LogP contribution in [0.2, 0.25) is 5.02 Å². The molecule has 0 radical (unpaired) electrons. The van der Waals surface area contributed by atoms with E-state index in [0.29, 0.717) is 34.7 Å². The third-order valence-corrected chi connectivity index (χ3v) is 16.7. The zero-order valence-electron chi connectivity index (χ0n) is 57.3. The van der Waals surface area contributed by atoms with Gasteiger partial charge in [-0.3, -0.25) is 47.7 Å². The monoisotopic (exact) mass is 1420 g/mol. The minimum Gasteiger partial charge on any atom is -0.495 e. The molecule has 548 valence electrons. The molecule has 29 nitrogen and oxygen atoms in total. The number of benzene rings is 2. The summed E-state index contributed by atoms with van der Waals surface area (Å²) in [6, 6.07) is 9.10. The van der Waals surface area contributed by atoms with Gasteiger partial charge in [0, 0.05) is 70.6 Å². The number of epoxide rings is 1. The van der Waals surface area contributed by atoms with Crippen LogP contribution in [0.15, 0.2) is 54.6 Å². The summed E-state index contributed by atoms with van der Waals surface area (Å²) in [5.74, 6) is -7.16. The van der Waals surface area contributed by atoms with Crippen molar-refractivity contribution in [3.05, 3.63) is 76.3 Å². The van der Waals surface area contributed by atoms with Gasteiger partial charge in [-0.15, -0.1) is 0 Å². The van der Waals surface area contributed by atoms with Gasteiger partial charge in [-0.1, -0.05) is 82.6 Å². The molecule has 2 aliphatic rings. The number of unbranched alkanes of at least 4 members (excludes halogenated alkanes) is 1. The molecule has 0 aliphatic carbocycles. The number of carboxylic acids is 1. The molecule has 2 heterocycles. The third kappa shape index (κ3) is 32.6. The highest BCUT2D eigenvalue weighted by Crippen LogP contribution is 2.45. The maximum atomic E-state index is 14.1. The minimum atomic E-state index is -4.16. The number of hydrogen-bond donors (Lipinski definition) is 9. The van der Waals surface area contributed by atoms with Crippen LogP contribution >= 0.6 is 11.6 Å². The predicted octanol–water partition coefficient (Wildman–Crippen LogP) is 3.76. The lowest BCUT2D eigenvalue weighted by molar-refractivity contribution is -0.179. The first-order chi connectivity index (χ1) is 46.5. The molecule has 2 aliphatic heterocycles. The van der Waals surface area contributed by atoms with E-state index in [-0.39, 0.29) is 149 Å². The van der Waals surface area contributed by atoms with E-state index >= 15 is 0 Å². The van der Waals surface area contributed by atoms with Crippen molar-refractivity contribution in [3.63, 3.8) is 0 Å². The van der Waals surface area contributed by atoms with Crippen LogP contribution in [0.5, 0.6) is 5.75 Å². The maximum absolute atomic E-state index is 14.1. The molecular weight excluding hydrogens is 1320 g/mol. The Morgan fingerprint density at radius 3 is 1.93 bits per heavy atom. The van der Waals surface area contributed by atoms with Gasteiger partial charge in [-0.2, -0.15) is 8.42 Å². The Kier molecular flexibility index (Phi) is 36.7. The number of amides is 7. The number of rotatable bonds is 42. The van der Waals surface area contributed by atoms with Crippen molar-refractivity contribution >= 4 is 81.0 Å². The molecule has 31 heteroatoms. The van der Waals surface area contributed by atoms with E-state index in [0.717, 1.165) is 5.56 Å². The number of methoxy groups -OCH3 is 1. The second-order valence-electron chi connectivity index (χ2n) is 25.3. The average Bonchev–Trinajstić information content (AvgIpc) is 1.62. The van der Waals surface area contributed by atoms with Crippen LogP contribution in [0.25, 0.3) is 0 Å². The van der Waals surface area contributed by atoms with Crippen LogP contribution < -0.4 is 42.0 Å². The van der Waals surface area contributed by atoms with Crippen molar-refractivity contribution in [2.45, 2.75) is 168 Å². The van der Waals surface area contributed by atoms with Crippen molar-refractivity contribution in [1.29, 1.82) is 0 Å². The predicted molar refractivity (Wildman–Crippen MR) is 357 cm³/mol. The molecule has 1 saturated heterocycles. The molecule has 2 aromatic rings. The summed E-state index contributed by atoms with van der Waals surface area (Å²) in [5.41, 5.74) is 0.803. The molecule has 7 amide bonds. The van der Waals surface area contributed by atoms with E-state index in [2.05, 4.69) is 37.2 Å². The Morgan fingerprint density at radius 2 is 1.35 bits per heavy atom. The van der Waals surface area contributed by atoms with Gasteiger partial charge >= 0.3 is 17.9 Å². The SMILES string of the molecule is COc1ccc(C[C@H]2NC(=O)/C=C/C[C@@H]([C@H](C)[C@H]3O[C@@H]3c3ccc(CNC(=O)[C@H](CCCCNC(=O)CCOCCOCCOCCOCCC(=O)NCCS(=O)(=O)O)NC(=O)[C@@H](NC(=O)CCCC(=O)O)C(C)C)cc3)OC(=O)[C@H](CC(C)C)OC(=O)C(C)(C)CNC2=O)cc1Cl. The van der Waals surface area contributed by atoms with Crippen LogP contribution in [-0.4, -0.2) is 199 Å². The lowest BCUT2D eigenvalue weighted by Crippen LogP contribution is -2.55. The van der Waals surface area contributed by atoms with Crippen LogP contribution in [0.3, 0.4) is 0 Å². The highest BCUT2D eigenvalue weighted by molar-refractivity contribution is 7.85. The summed E-state index contributed by atoms with van der Waals surface area (Å²) in [5, 5.41) is 28.5. The maximum Gasteiger partial charge on any atom is 0.347 e. The summed E-state index contributed by atoms with van der Waals surface area (Å²) in [6.45, 7) is 13.9. The zero-order valence-corrected chi connectivity index (χ0v) is 58.9. The van der Waals surface area contributed by atoms with Crippen LogP contribution in [0.4, 0.5) is 0 Å². The van der Waals surface area contributed by atoms with E-state index in [1.165, 1.54) is 13.2 Å². The van der Waals surface area contributed by atoms with Gasteiger partial charge < -0.3 is 80.2 Å². The fourth-order valence-corrected chi connectivity index (χ4v) is 10.6. The van der Waals surface area contributed by atoms with Gasteiger partial charge in [-0.25, -0.2) is 4.79 Å². The molecule has 0 aromatic heterocycles. The van der Waals surface area contributed by atoms with Crippen molar-refractivity contribution in [1.82, 2.24) is 37.2 Å². The molecule has 0 bridgehead atoms. The van der Waals surface area contributed by atoms with Crippen molar-refractivity contribution in [2.75, 3.05) is 85.4 Å². The Morgan fingerprint density at radius 1 is 0.735 bits per heavy atom. The summed E-state index contributed by atoms with van der Waals surface area (Å²) in [6.07, 6.45) is 0.810. The van der Waals surface area contributed by atoms with Crippen molar-refractivity contribution < 1.29 is 104 Å². The molecule has 0 spiro atoms. The molecule has 9 N–H and O–H groups in total. The molecular formula is C67H100ClN7O22S. The Labute approximate surface area is 578 Å². The van der Waals surface area contributed by atoms with Gasteiger partial charge in [0.15, 0.2) is 6.10 Å². The smallest absolute Gasteiger partial charge is 0.347 e. The number of hydrogen-bond acceptors (Lipinski definition) is 20. The Balaban J connectivity index is 1.32. The molecule has 1 fully saturated rings. The number of cyclic esters (lactones) is 2. The number of carbonyl (C=O) groups excluding carboxylic acids is 9. The molecule has 0 saturated carbocycles. The normalized spacial score (nSPS) is 19.5. The van der Waals surface area contributed by atoms with Crippen molar-refractivity contribution in [3.8, 4) is 5.75 Å². The molecule has 8 atom stereocenters. The minimum absolute atomic E-state index is 0.0166. The molecule has 2 aromatic carbocycles. The van der Waals surface area contributed by atoms with Crippen LogP contribution in [-0.2, 0) is 104 Å². The largest absolute Gasteiger partial charge is 0.495 e. The fraction of sp³-hybridized carbons (Fsp3) is 0.642. The lowest BCUT2D eigenvalue weighted by atomic mass is 9.92. The number of carbonyl (C=O) groups is 10. The number of ether oxygens (including phenoxy) is 8. The number of halogens is 1. The first kappa shape index (κ1) is 83.1. The highest BCUT2D eigenvalue weighted by atomic mass is 35.5. The molecule has 4 rings (SSSR count). The van der Waals surface area contributed by atoms with Crippen LogP contribution in [0.1, 0.15) is 135 Å². The summed E-state index contributed by atoms with van der Waals surface area (Å²) >= 11 is 6.40. The Bertz CT molecular complexity index is 3080. The number of nitrogens with one attached hydrogen (secondary N) is 7. The van der Waals surface area contributed by atoms with Gasteiger partial charge in [-0.05, 0) is 92.7 Å². The summed E-state index contributed by atoms with van der Waals surface area (Å²) in [4.78, 5) is 131. The highest BCUT2D eigenvalue weighted by Gasteiger charge is 2.48. The number of carboxylic acid groups (broad SMARTS) is 1. The van der Waals surface area contributed by atoms with Gasteiger partial charge in [0.2, 0.25) is 41.4 Å². The standard InChI is InChI=1S/C67H100ClN7O22S/c1-42(2)37-53-65(85)95-51(14-11-15-56(78)73-50(39-46-20-23-52(90-8)48(68)38-46)63(83)72-41-67(6,7)66(86)96-53)44(5)60-61(97-60)47-21-18-45(19-22-47)40-71-62(82)49(74-64(84)59(43(3)4)75-57(79)16-12-17-58(80)81)13-9-10-26-69-54(76)24-28-91-30-32-93-34-35-94-33-31-92-29-25-55(77)70-27-36-98(87,88)89/h11,15,18-23,38,42-44,49-51,53,59-61H,9-10,12-14,16-17,24-37,39-41H2,1-8H3,(H,69,76)(H,70,77)(H,71,82)(H,72,83)(H,73,78)(H,74,84)(H,75,79)(H,80,81)(H,87,88,89)/b15-11+/t44-,49-,50+,51-,53-,59-,60+,61+/m0/s1. The molecule has 0 unspecified atom stereocenters. The van der Waals surface area contributed by atoms with E-state index in [9.17, 15) is 56.4 Å². The average molecular weight is 1420 g/mol. The van der Waals surface area contributed by atoms with Gasteiger partial charge in [0.25, 0.3) is 10.1 Å². The van der Waals surface area contributed by atoms with Crippen LogP contribution in [0, 0.1) is 23.2 Å². The second-order valence-corrected chi connectivity index (χ2v) is 27.3. The van der Waals surface area contributed by atoms with E-state index in [1.54, 1.807) is 64.1 Å². The number of aliphatic carboxylic acids is 1. The van der Waals surface area contributed by atoms with E-state index < -0.39 is 129 Å². The van der Waals surface area contributed by atoms with E-state index in [4.69, 9.17) is 59.2 Å². The third-order valence-electron chi connectivity index (χ3n) is 15.7. The van der Waals surface area contributed by atoms with Gasteiger partial charge in [0.1, 0.15) is 36.1 Å². The Hall–Kier alpha value is -7.32. The quantitative estimate of drug-likeness (QED) is 0.0198. The van der Waals surface area contributed by atoms with E-state index in [1.807, 2.05) is 32.9 Å². The fourth-order valence-electron chi connectivity index (χ4n) is 9.96. The summed E-state index contributed by atoms with van der Waals surface area (Å²) in [7, 11) is -2.68. The van der Waals surface area contributed by atoms with Gasteiger partial charge in [0.05, 0.1) is 82.3 Å². The summed E-state index contributed by atoms with van der Waals surface area (Å²) < 4.78 is 75.4. The van der Waals surface area contributed by atoms with Crippen molar-refractivity contribution in [2.24, 2.45) is 23.2 Å². The first-order valence-electron chi connectivity index (χ1n) is 33.1. The first-order valence-corrected chi connectivity index (χ1v) is 35.1. The molecule has 98 heavy (non-hydrogen) atoms. The lowest BCUT2D eigenvalue weighted by Gasteiger charge is -2.29.